The number of benzene rings is 1. The number of anilines is 1. The summed E-state index contributed by atoms with van der Waals surface area (Å²) < 4.78 is 5.59. The minimum atomic E-state index is -0.991. The summed E-state index contributed by atoms with van der Waals surface area (Å²) in [6, 6.07) is 7.84. The molecule has 0 saturated heterocycles. The van der Waals surface area contributed by atoms with Crippen molar-refractivity contribution in [3.05, 3.63) is 52.4 Å². The van der Waals surface area contributed by atoms with Crippen molar-refractivity contribution in [2.75, 3.05) is 11.6 Å². The van der Waals surface area contributed by atoms with Crippen molar-refractivity contribution in [2.45, 2.75) is 18.7 Å². The number of hydrogen-bond acceptors (Lipinski definition) is 4. The Balaban J connectivity index is 2.24. The highest BCUT2D eigenvalue weighted by Crippen LogP contribution is 2.26. The van der Waals surface area contributed by atoms with E-state index >= 15 is 0 Å². The summed E-state index contributed by atoms with van der Waals surface area (Å²) in [6.07, 6.45) is 1.96. The lowest BCUT2D eigenvalue weighted by Gasteiger charge is -2.15. The predicted molar refractivity (Wildman–Crippen MR) is 86.1 cm³/mol. The van der Waals surface area contributed by atoms with E-state index in [-0.39, 0.29) is 0 Å². The van der Waals surface area contributed by atoms with Gasteiger partial charge in [0.05, 0.1) is 5.75 Å². The molecule has 0 radical (unpaired) electrons. The fraction of sp³-hybridized carbons (Fsp3) is 0.267. The fourth-order valence-electron chi connectivity index (χ4n) is 1.97. The van der Waals surface area contributed by atoms with E-state index in [1.807, 2.05) is 13.2 Å². The lowest BCUT2D eigenvalue weighted by molar-refractivity contribution is -0.138. The summed E-state index contributed by atoms with van der Waals surface area (Å²) in [7, 11) is 0. The van der Waals surface area contributed by atoms with Crippen LogP contribution in [-0.4, -0.2) is 17.3 Å². The number of halogens is 1. The first-order chi connectivity index (χ1) is 10.0. The van der Waals surface area contributed by atoms with Crippen molar-refractivity contribution < 1.29 is 14.3 Å². The monoisotopic (exact) mass is 325 g/mol. The topological polar surface area (TPSA) is 62.5 Å². The first-order valence-corrected chi connectivity index (χ1v) is 8.11. The molecule has 112 valence electrons. The number of hydrogen-bond donors (Lipinski definition) is 2. The third-order valence-electron chi connectivity index (χ3n) is 2.99. The van der Waals surface area contributed by atoms with Crippen molar-refractivity contribution in [3.63, 3.8) is 0 Å². The minimum absolute atomic E-state index is 0.390. The molecule has 1 aromatic carbocycles. The molecule has 0 aliphatic rings. The molecule has 6 heteroatoms. The second-order valence-electron chi connectivity index (χ2n) is 4.61. The maximum Gasteiger partial charge on any atom is 0.334 e. The van der Waals surface area contributed by atoms with Crippen LogP contribution in [0.5, 0.6) is 0 Å². The first-order valence-electron chi connectivity index (χ1n) is 6.34. The second kappa shape index (κ2) is 6.91. The molecule has 0 aliphatic heterocycles. The van der Waals surface area contributed by atoms with E-state index in [0.717, 1.165) is 17.0 Å². The maximum atomic E-state index is 11.5. The quantitative estimate of drug-likeness (QED) is 0.827. The van der Waals surface area contributed by atoms with E-state index < -0.39 is 12.0 Å². The zero-order valence-corrected chi connectivity index (χ0v) is 13.3. The van der Waals surface area contributed by atoms with Gasteiger partial charge in [0.2, 0.25) is 0 Å². The van der Waals surface area contributed by atoms with Crippen LogP contribution in [0.3, 0.4) is 0 Å². The van der Waals surface area contributed by atoms with Gasteiger partial charge in [0.1, 0.15) is 11.5 Å². The Kier molecular flexibility index (Phi) is 5.20. The number of nitrogens with one attached hydrogen (secondary N) is 1. The predicted octanol–water partition coefficient (Wildman–Crippen LogP) is 4.34. The van der Waals surface area contributed by atoms with Crippen LogP contribution in [0.4, 0.5) is 5.69 Å². The zero-order valence-electron chi connectivity index (χ0n) is 11.7. The van der Waals surface area contributed by atoms with Crippen LogP contribution in [0.15, 0.2) is 34.7 Å². The lowest BCUT2D eigenvalue weighted by Crippen LogP contribution is -2.20. The largest absolute Gasteiger partial charge is 0.479 e. The van der Waals surface area contributed by atoms with Gasteiger partial charge in [-0.1, -0.05) is 11.6 Å². The minimum Gasteiger partial charge on any atom is -0.479 e. The summed E-state index contributed by atoms with van der Waals surface area (Å²) in [5, 5.41) is 13.0. The lowest BCUT2D eigenvalue weighted by atomic mass is 10.1. The number of aliphatic carboxylic acids is 1. The number of aryl methyl sites for hydroxylation is 1. The van der Waals surface area contributed by atoms with Gasteiger partial charge in [-0.15, -0.1) is 0 Å². The van der Waals surface area contributed by atoms with Gasteiger partial charge in [0, 0.05) is 10.7 Å². The maximum absolute atomic E-state index is 11.5. The van der Waals surface area contributed by atoms with Crippen molar-refractivity contribution in [1.29, 1.82) is 0 Å². The third kappa shape index (κ3) is 3.95. The molecule has 21 heavy (non-hydrogen) atoms. The number of furan rings is 1. The summed E-state index contributed by atoms with van der Waals surface area (Å²) in [5.74, 6) is 0.875. The molecule has 2 rings (SSSR count). The Hall–Kier alpha value is -1.59. The van der Waals surface area contributed by atoms with Crippen LogP contribution in [0, 0.1) is 6.92 Å². The van der Waals surface area contributed by atoms with Crippen LogP contribution in [-0.2, 0) is 10.5 Å². The molecule has 1 unspecified atom stereocenters. The number of carboxylic acids is 1. The van der Waals surface area contributed by atoms with Gasteiger partial charge in [-0.25, -0.2) is 4.79 Å². The molecule has 0 amide bonds. The summed E-state index contributed by atoms with van der Waals surface area (Å²) in [4.78, 5) is 11.5. The van der Waals surface area contributed by atoms with Crippen LogP contribution in [0.25, 0.3) is 0 Å². The average Bonchev–Trinajstić information content (AvgIpc) is 2.86. The van der Waals surface area contributed by atoms with Gasteiger partial charge in [-0.05, 0) is 49.1 Å². The van der Waals surface area contributed by atoms with Gasteiger partial charge in [0.25, 0.3) is 0 Å². The van der Waals surface area contributed by atoms with Gasteiger partial charge >= 0.3 is 5.97 Å². The van der Waals surface area contributed by atoms with Crippen LogP contribution < -0.4 is 5.32 Å². The van der Waals surface area contributed by atoms with E-state index in [1.54, 1.807) is 42.1 Å². The van der Waals surface area contributed by atoms with Crippen LogP contribution in [0.1, 0.15) is 23.1 Å². The van der Waals surface area contributed by atoms with E-state index in [4.69, 9.17) is 16.0 Å². The average molecular weight is 326 g/mol. The molecule has 4 nitrogen and oxygen atoms in total. The number of thioether (sulfide) groups is 1. The number of carboxylic acid groups (broad SMARTS) is 1. The van der Waals surface area contributed by atoms with Gasteiger partial charge < -0.3 is 14.8 Å². The van der Waals surface area contributed by atoms with Crippen LogP contribution in [0.2, 0.25) is 5.02 Å². The molecule has 0 bridgehead atoms. The first kappa shape index (κ1) is 15.8. The van der Waals surface area contributed by atoms with Gasteiger partial charge in [0.15, 0.2) is 6.04 Å². The Morgan fingerprint density at radius 1 is 1.43 bits per heavy atom. The third-order valence-corrected chi connectivity index (χ3v) is 3.80. The second-order valence-corrected chi connectivity index (χ2v) is 5.91. The Morgan fingerprint density at radius 2 is 2.19 bits per heavy atom. The van der Waals surface area contributed by atoms with Crippen molar-refractivity contribution in [1.82, 2.24) is 0 Å². The molecule has 1 heterocycles. The Labute approximate surface area is 132 Å². The molecule has 2 N–H and O–H groups in total. The van der Waals surface area contributed by atoms with Crippen molar-refractivity contribution >= 4 is 35.0 Å². The van der Waals surface area contributed by atoms with Gasteiger partial charge in [-0.2, -0.15) is 11.8 Å². The summed E-state index contributed by atoms with van der Waals surface area (Å²) >= 11 is 7.53. The fourth-order valence-corrected chi connectivity index (χ4v) is 2.63. The Bertz CT molecular complexity index is 642. The van der Waals surface area contributed by atoms with Gasteiger partial charge in [-0.3, -0.25) is 0 Å². The molecule has 1 aromatic heterocycles. The van der Waals surface area contributed by atoms with E-state index in [9.17, 15) is 9.90 Å². The van der Waals surface area contributed by atoms with Crippen molar-refractivity contribution in [2.24, 2.45) is 0 Å². The molecule has 0 saturated carbocycles. The standard InChI is InChI=1S/C15H16ClNO3S/c1-9-7-10(16)3-5-12(9)17-14(15(18)19)13-6-4-11(20-13)8-21-2/h3-7,14,17H,8H2,1-2H3,(H,18,19). The molecule has 0 spiro atoms. The summed E-state index contributed by atoms with van der Waals surface area (Å²) in [5.41, 5.74) is 1.60. The number of rotatable bonds is 6. The van der Waals surface area contributed by atoms with Crippen molar-refractivity contribution in [3.8, 4) is 0 Å². The SMILES string of the molecule is CSCc1ccc(C(Nc2ccc(Cl)cc2C)C(=O)O)o1. The summed E-state index contributed by atoms with van der Waals surface area (Å²) in [6.45, 7) is 1.87. The highest BCUT2D eigenvalue weighted by atomic mass is 35.5. The van der Waals surface area contributed by atoms with Crippen LogP contribution >= 0.6 is 23.4 Å². The molecular weight excluding hydrogens is 310 g/mol. The van der Waals surface area contributed by atoms with E-state index in [0.29, 0.717) is 16.5 Å². The van der Waals surface area contributed by atoms with E-state index in [1.165, 1.54) is 0 Å². The number of carbonyl (C=O) groups is 1. The molecule has 0 fully saturated rings. The molecule has 1 atom stereocenters. The zero-order chi connectivity index (χ0) is 15.4. The molecular formula is C15H16ClNO3S. The highest BCUT2D eigenvalue weighted by molar-refractivity contribution is 7.97. The molecule has 2 aromatic rings. The molecule has 0 aliphatic carbocycles. The highest BCUT2D eigenvalue weighted by Gasteiger charge is 2.24. The smallest absolute Gasteiger partial charge is 0.334 e. The normalized spacial score (nSPS) is 12.1. The Morgan fingerprint density at radius 3 is 2.81 bits per heavy atom. The van der Waals surface area contributed by atoms with E-state index in [2.05, 4.69) is 5.32 Å².